The molecule has 3 aromatic carbocycles. The fourth-order valence-corrected chi connectivity index (χ4v) is 3.03. The van der Waals surface area contributed by atoms with Gasteiger partial charge in [0.25, 0.3) is 11.8 Å². The van der Waals surface area contributed by atoms with Gasteiger partial charge in [-0.15, -0.1) is 0 Å². The number of anilines is 1. The Morgan fingerprint density at radius 3 is 2.33 bits per heavy atom. The summed E-state index contributed by atoms with van der Waals surface area (Å²) in [5.74, 6) is -1.46. The summed E-state index contributed by atoms with van der Waals surface area (Å²) in [6.07, 6.45) is 1.49. The van der Waals surface area contributed by atoms with Crippen LogP contribution in [-0.4, -0.2) is 23.0 Å². The fourth-order valence-electron chi connectivity index (χ4n) is 3.03. The molecule has 0 bridgehead atoms. The van der Waals surface area contributed by atoms with Crippen LogP contribution in [0.4, 0.5) is 10.5 Å². The molecular formula is C21H14N2O4. The summed E-state index contributed by atoms with van der Waals surface area (Å²) < 4.78 is 0. The van der Waals surface area contributed by atoms with Gasteiger partial charge in [-0.3, -0.25) is 14.9 Å². The van der Waals surface area contributed by atoms with Gasteiger partial charge in [0.1, 0.15) is 11.3 Å². The number of barbiturate groups is 1. The number of imide groups is 2. The lowest BCUT2D eigenvalue weighted by atomic mass is 10.0. The molecule has 0 aliphatic carbocycles. The summed E-state index contributed by atoms with van der Waals surface area (Å²) in [6.45, 7) is 0. The van der Waals surface area contributed by atoms with Crippen LogP contribution in [0.2, 0.25) is 0 Å². The molecule has 6 nitrogen and oxygen atoms in total. The Labute approximate surface area is 154 Å². The van der Waals surface area contributed by atoms with Crippen LogP contribution in [0.1, 0.15) is 5.56 Å². The zero-order valence-electron chi connectivity index (χ0n) is 14.0. The maximum Gasteiger partial charge on any atom is 0.335 e. The van der Waals surface area contributed by atoms with Gasteiger partial charge in [-0.1, -0.05) is 42.5 Å². The molecule has 0 radical (unpaired) electrons. The van der Waals surface area contributed by atoms with E-state index >= 15 is 0 Å². The zero-order chi connectivity index (χ0) is 19.0. The molecule has 1 heterocycles. The Hall–Kier alpha value is -3.93. The molecule has 1 aliphatic heterocycles. The Kier molecular flexibility index (Phi) is 3.93. The van der Waals surface area contributed by atoms with Crippen LogP contribution in [0.15, 0.2) is 72.3 Å². The van der Waals surface area contributed by atoms with E-state index in [0.717, 1.165) is 15.7 Å². The summed E-state index contributed by atoms with van der Waals surface area (Å²) in [6, 6.07) is 17.9. The molecule has 1 fully saturated rings. The fraction of sp³-hybridized carbons (Fsp3) is 0. The van der Waals surface area contributed by atoms with Crippen LogP contribution >= 0.6 is 0 Å². The van der Waals surface area contributed by atoms with E-state index < -0.39 is 17.8 Å². The molecule has 1 aliphatic rings. The quantitative estimate of drug-likeness (QED) is 0.544. The van der Waals surface area contributed by atoms with Crippen molar-refractivity contribution in [1.82, 2.24) is 5.32 Å². The SMILES string of the molecule is O=C1NC(=O)N(c2ccc(O)cc2)C(=O)C1=Cc1cccc2ccccc12. The predicted octanol–water partition coefficient (Wildman–Crippen LogP) is 3.21. The number of urea groups is 1. The van der Waals surface area contributed by atoms with E-state index in [2.05, 4.69) is 5.32 Å². The highest BCUT2D eigenvalue weighted by Crippen LogP contribution is 2.26. The Morgan fingerprint density at radius 2 is 1.56 bits per heavy atom. The largest absolute Gasteiger partial charge is 0.508 e. The molecule has 0 aromatic heterocycles. The Balaban J connectivity index is 1.80. The van der Waals surface area contributed by atoms with Crippen molar-refractivity contribution in [2.45, 2.75) is 0 Å². The first-order chi connectivity index (χ1) is 13.0. The minimum Gasteiger partial charge on any atom is -0.508 e. The highest BCUT2D eigenvalue weighted by atomic mass is 16.3. The van der Waals surface area contributed by atoms with Crippen molar-refractivity contribution >= 4 is 40.4 Å². The monoisotopic (exact) mass is 358 g/mol. The van der Waals surface area contributed by atoms with E-state index in [1.165, 1.54) is 30.3 Å². The third kappa shape index (κ3) is 2.93. The maximum absolute atomic E-state index is 12.9. The number of nitrogens with zero attached hydrogens (tertiary/aromatic N) is 1. The minimum absolute atomic E-state index is 0.00575. The topological polar surface area (TPSA) is 86.7 Å². The van der Waals surface area contributed by atoms with Crippen LogP contribution in [0.25, 0.3) is 16.8 Å². The van der Waals surface area contributed by atoms with Crippen molar-refractivity contribution in [2.75, 3.05) is 4.90 Å². The van der Waals surface area contributed by atoms with Crippen molar-refractivity contribution in [2.24, 2.45) is 0 Å². The molecule has 6 heteroatoms. The van der Waals surface area contributed by atoms with Gasteiger partial charge >= 0.3 is 6.03 Å². The van der Waals surface area contributed by atoms with Gasteiger partial charge in [0.15, 0.2) is 0 Å². The van der Waals surface area contributed by atoms with Gasteiger partial charge in [0, 0.05) is 0 Å². The molecule has 0 atom stereocenters. The first kappa shape index (κ1) is 16.5. The lowest BCUT2D eigenvalue weighted by Crippen LogP contribution is -2.54. The third-order valence-corrected chi connectivity index (χ3v) is 4.33. The number of amides is 4. The predicted molar refractivity (Wildman–Crippen MR) is 101 cm³/mol. The van der Waals surface area contributed by atoms with Gasteiger partial charge in [-0.25, -0.2) is 9.69 Å². The van der Waals surface area contributed by atoms with Crippen LogP contribution < -0.4 is 10.2 Å². The highest BCUT2D eigenvalue weighted by Gasteiger charge is 2.36. The van der Waals surface area contributed by atoms with Crippen molar-refractivity contribution in [3.05, 3.63) is 77.9 Å². The third-order valence-electron chi connectivity index (χ3n) is 4.33. The number of phenols is 1. The molecule has 3 aromatic rings. The van der Waals surface area contributed by atoms with E-state index in [-0.39, 0.29) is 17.0 Å². The normalized spacial score (nSPS) is 16.1. The summed E-state index contributed by atoms with van der Waals surface area (Å²) in [4.78, 5) is 38.3. The van der Waals surface area contributed by atoms with Crippen LogP contribution in [0, 0.1) is 0 Å². The molecule has 2 N–H and O–H groups in total. The van der Waals surface area contributed by atoms with E-state index in [4.69, 9.17) is 0 Å². The number of phenolic OH excluding ortho intramolecular Hbond substituents is 1. The minimum atomic E-state index is -0.828. The summed E-state index contributed by atoms with van der Waals surface area (Å²) in [5, 5.41) is 13.5. The van der Waals surface area contributed by atoms with Crippen LogP contribution in [-0.2, 0) is 9.59 Å². The van der Waals surface area contributed by atoms with Crippen LogP contribution in [0.3, 0.4) is 0 Å². The highest BCUT2D eigenvalue weighted by molar-refractivity contribution is 6.39. The smallest absolute Gasteiger partial charge is 0.335 e. The number of rotatable bonds is 2. The standard InChI is InChI=1S/C21H14N2O4/c24-16-10-8-15(9-11-16)23-20(26)18(19(25)22-21(23)27)12-14-6-3-5-13-4-1-2-7-17(13)14/h1-12,24H,(H,22,25,27). The molecule has 27 heavy (non-hydrogen) atoms. The van der Waals surface area contributed by atoms with E-state index in [1.54, 1.807) is 6.07 Å². The lowest BCUT2D eigenvalue weighted by Gasteiger charge is -2.26. The number of hydrogen-bond donors (Lipinski definition) is 2. The maximum atomic E-state index is 12.9. The van der Waals surface area contributed by atoms with Crippen molar-refractivity contribution < 1.29 is 19.5 Å². The number of fused-ring (bicyclic) bond motifs is 1. The zero-order valence-corrected chi connectivity index (χ0v) is 14.0. The second kappa shape index (κ2) is 6.42. The van der Waals surface area contributed by atoms with Crippen molar-refractivity contribution in [3.63, 3.8) is 0 Å². The number of hydrogen-bond acceptors (Lipinski definition) is 4. The summed E-state index contributed by atoms with van der Waals surface area (Å²) in [5.41, 5.74) is 0.817. The second-order valence-electron chi connectivity index (χ2n) is 6.04. The van der Waals surface area contributed by atoms with Crippen LogP contribution in [0.5, 0.6) is 5.75 Å². The molecule has 132 valence electrons. The summed E-state index contributed by atoms with van der Waals surface area (Å²) in [7, 11) is 0. The number of aromatic hydroxyl groups is 1. The van der Waals surface area contributed by atoms with Gasteiger partial charge in [0.05, 0.1) is 5.69 Å². The van der Waals surface area contributed by atoms with Gasteiger partial charge in [-0.05, 0) is 46.7 Å². The molecule has 4 rings (SSSR count). The molecule has 0 unspecified atom stereocenters. The first-order valence-electron chi connectivity index (χ1n) is 8.23. The Morgan fingerprint density at radius 1 is 0.852 bits per heavy atom. The molecule has 1 saturated heterocycles. The van der Waals surface area contributed by atoms with Gasteiger partial charge in [0.2, 0.25) is 0 Å². The van der Waals surface area contributed by atoms with Gasteiger partial charge in [-0.2, -0.15) is 0 Å². The number of benzene rings is 3. The molecule has 0 saturated carbocycles. The van der Waals surface area contributed by atoms with E-state index in [0.29, 0.717) is 5.56 Å². The molecule has 0 spiro atoms. The number of carbonyl (C=O) groups is 3. The lowest BCUT2D eigenvalue weighted by molar-refractivity contribution is -0.122. The average Bonchev–Trinajstić information content (AvgIpc) is 2.66. The van der Waals surface area contributed by atoms with Crippen molar-refractivity contribution in [3.8, 4) is 5.75 Å². The van der Waals surface area contributed by atoms with E-state index in [9.17, 15) is 19.5 Å². The van der Waals surface area contributed by atoms with E-state index in [1.807, 2.05) is 36.4 Å². The average molecular weight is 358 g/mol. The number of nitrogens with one attached hydrogen (secondary N) is 1. The summed E-state index contributed by atoms with van der Waals surface area (Å²) >= 11 is 0. The van der Waals surface area contributed by atoms with Crippen molar-refractivity contribution in [1.29, 1.82) is 0 Å². The molecule has 4 amide bonds. The first-order valence-corrected chi connectivity index (χ1v) is 8.23. The van der Waals surface area contributed by atoms with Gasteiger partial charge < -0.3 is 5.11 Å². The Bertz CT molecular complexity index is 1110. The number of carbonyl (C=O) groups excluding carboxylic acids is 3. The molecular weight excluding hydrogens is 344 g/mol. The second-order valence-corrected chi connectivity index (χ2v) is 6.04.